The maximum Gasteiger partial charge on any atom is 0.310 e. The highest BCUT2D eigenvalue weighted by Crippen LogP contribution is 2.34. The Morgan fingerprint density at radius 2 is 2.00 bits per heavy atom. The van der Waals surface area contributed by atoms with Crippen LogP contribution in [0.25, 0.3) is 21.2 Å². The minimum absolute atomic E-state index is 0.193. The summed E-state index contributed by atoms with van der Waals surface area (Å²) in [4.78, 5) is 16.2. The van der Waals surface area contributed by atoms with E-state index in [1.807, 2.05) is 36.4 Å². The summed E-state index contributed by atoms with van der Waals surface area (Å²) in [7, 11) is 0. The number of carbonyl (C=O) groups excluding carboxylic acids is 1. The van der Waals surface area contributed by atoms with Gasteiger partial charge in [0.05, 0.1) is 18.7 Å². The molecule has 31 heavy (non-hydrogen) atoms. The summed E-state index contributed by atoms with van der Waals surface area (Å²) in [6.45, 7) is 2.97. The van der Waals surface area contributed by atoms with Crippen molar-refractivity contribution in [1.82, 2.24) is 4.98 Å². The SMILES string of the molecule is CCOC(=O)Cc1ccccc1OCc1cc(-c2ccnc(CN)c2)c2ccsc2c1. The van der Waals surface area contributed by atoms with Crippen molar-refractivity contribution in [3.63, 3.8) is 0 Å². The van der Waals surface area contributed by atoms with Crippen LogP contribution in [0, 0.1) is 0 Å². The molecule has 0 radical (unpaired) electrons. The lowest BCUT2D eigenvalue weighted by Gasteiger charge is -2.13. The van der Waals surface area contributed by atoms with Crippen molar-refractivity contribution in [3.8, 4) is 16.9 Å². The van der Waals surface area contributed by atoms with Gasteiger partial charge in [-0.05, 0) is 65.4 Å². The van der Waals surface area contributed by atoms with Crippen molar-refractivity contribution < 1.29 is 14.3 Å². The number of hydrogen-bond donors (Lipinski definition) is 1. The second-order valence-electron chi connectivity index (χ2n) is 7.09. The van der Waals surface area contributed by atoms with E-state index in [4.69, 9.17) is 15.2 Å². The average molecular weight is 433 g/mol. The molecule has 0 spiro atoms. The molecule has 0 aliphatic heterocycles. The molecular weight excluding hydrogens is 408 g/mol. The van der Waals surface area contributed by atoms with Crippen LogP contribution < -0.4 is 10.5 Å². The number of benzene rings is 2. The summed E-state index contributed by atoms with van der Waals surface area (Å²) < 4.78 is 12.4. The molecular formula is C25H24N2O3S. The van der Waals surface area contributed by atoms with E-state index in [0.29, 0.717) is 25.5 Å². The molecule has 4 rings (SSSR count). The van der Waals surface area contributed by atoms with E-state index in [2.05, 4.69) is 28.6 Å². The first-order valence-corrected chi connectivity index (χ1v) is 11.1. The summed E-state index contributed by atoms with van der Waals surface area (Å²) in [6, 6.07) is 18.1. The number of fused-ring (bicyclic) bond motifs is 1. The number of carbonyl (C=O) groups is 1. The number of esters is 1. The van der Waals surface area contributed by atoms with Gasteiger partial charge >= 0.3 is 5.97 Å². The summed E-state index contributed by atoms with van der Waals surface area (Å²) in [6.07, 6.45) is 1.99. The molecule has 158 valence electrons. The Morgan fingerprint density at radius 1 is 1.13 bits per heavy atom. The molecule has 2 aromatic heterocycles. The molecule has 0 amide bonds. The minimum atomic E-state index is -0.255. The van der Waals surface area contributed by atoms with Crippen molar-refractivity contribution >= 4 is 27.4 Å². The Balaban J connectivity index is 1.61. The summed E-state index contributed by atoms with van der Waals surface area (Å²) in [5, 5.41) is 3.30. The van der Waals surface area contributed by atoms with E-state index in [1.165, 1.54) is 10.1 Å². The number of rotatable bonds is 8. The fourth-order valence-corrected chi connectivity index (χ4v) is 4.40. The number of aromatic nitrogens is 1. The topological polar surface area (TPSA) is 74.4 Å². The van der Waals surface area contributed by atoms with Gasteiger partial charge in [0.1, 0.15) is 12.4 Å². The molecule has 0 saturated carbocycles. The van der Waals surface area contributed by atoms with Crippen LogP contribution in [0.15, 0.2) is 66.2 Å². The molecule has 0 fully saturated rings. The lowest BCUT2D eigenvalue weighted by Crippen LogP contribution is -2.09. The molecule has 0 atom stereocenters. The van der Waals surface area contributed by atoms with E-state index >= 15 is 0 Å². The molecule has 2 aromatic carbocycles. The van der Waals surface area contributed by atoms with Gasteiger partial charge in [0.2, 0.25) is 0 Å². The Morgan fingerprint density at radius 3 is 2.84 bits per heavy atom. The summed E-state index contributed by atoms with van der Waals surface area (Å²) in [5.74, 6) is 0.437. The number of ether oxygens (including phenoxy) is 2. The minimum Gasteiger partial charge on any atom is -0.489 e. The fraction of sp³-hybridized carbons (Fsp3) is 0.200. The Labute approximate surface area is 185 Å². The van der Waals surface area contributed by atoms with Crippen LogP contribution in [0.2, 0.25) is 0 Å². The first kappa shape index (κ1) is 21.0. The predicted molar refractivity (Wildman–Crippen MR) is 124 cm³/mol. The highest BCUT2D eigenvalue weighted by Gasteiger charge is 2.12. The van der Waals surface area contributed by atoms with E-state index in [0.717, 1.165) is 27.9 Å². The van der Waals surface area contributed by atoms with Crippen LogP contribution in [0.3, 0.4) is 0 Å². The molecule has 0 bridgehead atoms. The van der Waals surface area contributed by atoms with Gasteiger partial charge in [0, 0.05) is 28.4 Å². The zero-order valence-electron chi connectivity index (χ0n) is 17.3. The molecule has 4 aromatic rings. The Hall–Kier alpha value is -3.22. The molecule has 5 nitrogen and oxygen atoms in total. The van der Waals surface area contributed by atoms with Crippen LogP contribution >= 0.6 is 11.3 Å². The number of thiophene rings is 1. The molecule has 2 N–H and O–H groups in total. The van der Waals surface area contributed by atoms with E-state index in [-0.39, 0.29) is 12.4 Å². The molecule has 0 aliphatic rings. The zero-order chi connectivity index (χ0) is 21.6. The first-order chi connectivity index (χ1) is 15.2. The number of para-hydroxylation sites is 1. The van der Waals surface area contributed by atoms with Gasteiger partial charge in [-0.25, -0.2) is 0 Å². The summed E-state index contributed by atoms with van der Waals surface area (Å²) in [5.41, 5.74) is 10.7. The summed E-state index contributed by atoms with van der Waals surface area (Å²) >= 11 is 1.70. The van der Waals surface area contributed by atoms with Gasteiger partial charge in [0.25, 0.3) is 0 Å². The average Bonchev–Trinajstić information content (AvgIpc) is 3.27. The number of nitrogens with zero attached hydrogens (tertiary/aromatic N) is 1. The van der Waals surface area contributed by atoms with Gasteiger partial charge in [-0.1, -0.05) is 18.2 Å². The first-order valence-electron chi connectivity index (χ1n) is 10.2. The molecule has 2 heterocycles. The normalized spacial score (nSPS) is 10.9. The monoisotopic (exact) mass is 432 g/mol. The van der Waals surface area contributed by atoms with Crippen LogP contribution in [0.1, 0.15) is 23.7 Å². The van der Waals surface area contributed by atoms with Gasteiger partial charge in [-0.2, -0.15) is 0 Å². The smallest absolute Gasteiger partial charge is 0.310 e. The van der Waals surface area contributed by atoms with Gasteiger partial charge in [-0.15, -0.1) is 11.3 Å². The van der Waals surface area contributed by atoms with Crippen LogP contribution in [-0.4, -0.2) is 17.6 Å². The van der Waals surface area contributed by atoms with Crippen LogP contribution in [-0.2, 0) is 29.1 Å². The largest absolute Gasteiger partial charge is 0.489 e. The third kappa shape index (κ3) is 4.93. The second-order valence-corrected chi connectivity index (χ2v) is 8.04. The van der Waals surface area contributed by atoms with Crippen molar-refractivity contribution in [1.29, 1.82) is 0 Å². The maximum absolute atomic E-state index is 11.9. The molecule has 0 unspecified atom stereocenters. The van der Waals surface area contributed by atoms with Crippen LogP contribution in [0.4, 0.5) is 0 Å². The Kier molecular flexibility index (Phi) is 6.60. The molecule has 0 aliphatic carbocycles. The van der Waals surface area contributed by atoms with Crippen molar-refractivity contribution in [3.05, 3.63) is 83.0 Å². The van der Waals surface area contributed by atoms with Gasteiger partial charge in [0.15, 0.2) is 0 Å². The standard InChI is InChI=1S/C25H24N2O3S/c1-2-29-25(28)14-19-5-3-4-6-23(19)30-16-17-11-22(21-8-10-31-24(21)12-17)18-7-9-27-20(13-18)15-26/h3-13H,2,14-16,26H2,1H3. The van der Waals surface area contributed by atoms with Gasteiger partial charge in [-0.3, -0.25) is 9.78 Å². The molecule has 0 saturated heterocycles. The van der Waals surface area contributed by atoms with Crippen molar-refractivity contribution in [2.24, 2.45) is 5.73 Å². The zero-order valence-corrected chi connectivity index (χ0v) is 18.2. The third-order valence-corrected chi connectivity index (χ3v) is 5.84. The Bertz CT molecular complexity index is 1200. The molecule has 6 heteroatoms. The quantitative estimate of drug-likeness (QED) is 0.392. The fourth-order valence-electron chi connectivity index (χ4n) is 3.53. The maximum atomic E-state index is 11.9. The van der Waals surface area contributed by atoms with Crippen LogP contribution in [0.5, 0.6) is 5.75 Å². The van der Waals surface area contributed by atoms with E-state index < -0.39 is 0 Å². The predicted octanol–water partition coefficient (Wildman–Crippen LogP) is 5.11. The second kappa shape index (κ2) is 9.73. The third-order valence-electron chi connectivity index (χ3n) is 4.98. The number of nitrogens with two attached hydrogens (primary N) is 1. The van der Waals surface area contributed by atoms with Crippen molar-refractivity contribution in [2.75, 3.05) is 6.61 Å². The van der Waals surface area contributed by atoms with Gasteiger partial charge < -0.3 is 15.2 Å². The number of pyridine rings is 1. The lowest BCUT2D eigenvalue weighted by atomic mass is 9.99. The lowest BCUT2D eigenvalue weighted by molar-refractivity contribution is -0.142. The van der Waals surface area contributed by atoms with Crippen molar-refractivity contribution in [2.45, 2.75) is 26.5 Å². The highest BCUT2D eigenvalue weighted by molar-refractivity contribution is 7.17. The highest BCUT2D eigenvalue weighted by atomic mass is 32.1. The van der Waals surface area contributed by atoms with E-state index in [9.17, 15) is 4.79 Å². The number of hydrogen-bond acceptors (Lipinski definition) is 6. The van der Waals surface area contributed by atoms with E-state index in [1.54, 1.807) is 24.5 Å².